The number of carbonyl (C=O) groups is 2. The van der Waals surface area contributed by atoms with Crippen molar-refractivity contribution in [3.63, 3.8) is 0 Å². The van der Waals surface area contributed by atoms with Crippen LogP contribution in [0.2, 0.25) is 0 Å². The van der Waals surface area contributed by atoms with E-state index in [1.165, 1.54) is 6.07 Å². The van der Waals surface area contributed by atoms with Gasteiger partial charge in [0.15, 0.2) is 0 Å². The molecule has 138 valence electrons. The van der Waals surface area contributed by atoms with Crippen LogP contribution in [-0.4, -0.2) is 42.0 Å². The summed E-state index contributed by atoms with van der Waals surface area (Å²) in [6, 6.07) is 10.8. The molecule has 1 saturated heterocycles. The normalized spacial score (nSPS) is 21.3. The molecule has 1 fully saturated rings. The molecule has 1 N–H and O–H groups in total. The van der Waals surface area contributed by atoms with Gasteiger partial charge in [-0.2, -0.15) is 0 Å². The fourth-order valence-corrected chi connectivity index (χ4v) is 3.66. The Balaban J connectivity index is 1.70. The number of benzene rings is 2. The van der Waals surface area contributed by atoms with Crippen molar-refractivity contribution in [2.24, 2.45) is 0 Å². The van der Waals surface area contributed by atoms with E-state index in [1.807, 2.05) is 0 Å². The van der Waals surface area contributed by atoms with Crippen molar-refractivity contribution in [2.75, 3.05) is 18.5 Å². The van der Waals surface area contributed by atoms with Gasteiger partial charge in [0.25, 0.3) is 5.91 Å². The zero-order chi connectivity index (χ0) is 19.0. The molecule has 2 aliphatic rings. The second kappa shape index (κ2) is 6.96. The highest BCUT2D eigenvalue weighted by molar-refractivity contribution is 6.10. The third-order valence-electron chi connectivity index (χ3n) is 4.97. The topological polar surface area (TPSA) is 58.6 Å². The Kier molecular flexibility index (Phi) is 4.49. The molecule has 2 heterocycles. The van der Waals surface area contributed by atoms with Gasteiger partial charge in [0.05, 0.1) is 24.0 Å². The van der Waals surface area contributed by atoms with Crippen molar-refractivity contribution in [1.29, 1.82) is 0 Å². The number of amides is 2. The zero-order valence-electron chi connectivity index (χ0n) is 14.7. The number of halogens is 1. The van der Waals surface area contributed by atoms with E-state index < -0.39 is 6.04 Å². The lowest BCUT2D eigenvalue weighted by Crippen LogP contribution is -2.40. The van der Waals surface area contributed by atoms with Gasteiger partial charge in [-0.15, -0.1) is 6.58 Å². The Hall–Kier alpha value is -2.99. The molecule has 0 aromatic heterocycles. The van der Waals surface area contributed by atoms with E-state index in [9.17, 15) is 14.0 Å². The van der Waals surface area contributed by atoms with Crippen LogP contribution in [0, 0.1) is 5.82 Å². The summed E-state index contributed by atoms with van der Waals surface area (Å²) in [4.78, 5) is 27.2. The maximum atomic E-state index is 14.1. The summed E-state index contributed by atoms with van der Waals surface area (Å²) in [5.74, 6) is -0.846. The van der Waals surface area contributed by atoms with Gasteiger partial charge in [0.2, 0.25) is 5.91 Å². The summed E-state index contributed by atoms with van der Waals surface area (Å²) in [7, 11) is 0. The first-order chi connectivity index (χ1) is 13.1. The fraction of sp³-hybridized carbons (Fsp3) is 0.238. The number of ether oxygens (including phenoxy) is 1. The number of nitrogens with one attached hydrogen (secondary N) is 1. The van der Waals surface area contributed by atoms with Gasteiger partial charge in [-0.1, -0.05) is 30.3 Å². The summed E-state index contributed by atoms with van der Waals surface area (Å²) >= 11 is 0. The number of carbonyl (C=O) groups excluding carboxylic acids is 2. The number of nitrogens with zero attached hydrogens (tertiary/aromatic N) is 1. The maximum Gasteiger partial charge on any atom is 0.256 e. The summed E-state index contributed by atoms with van der Waals surface area (Å²) in [6.45, 7) is 4.33. The molecule has 0 aliphatic carbocycles. The van der Waals surface area contributed by atoms with Crippen LogP contribution in [-0.2, 0) is 9.53 Å². The predicted molar refractivity (Wildman–Crippen MR) is 99.8 cm³/mol. The van der Waals surface area contributed by atoms with Gasteiger partial charge in [0, 0.05) is 18.5 Å². The molecule has 0 spiro atoms. The van der Waals surface area contributed by atoms with Gasteiger partial charge in [-0.25, -0.2) is 4.39 Å². The van der Waals surface area contributed by atoms with Crippen LogP contribution in [0.5, 0.6) is 0 Å². The van der Waals surface area contributed by atoms with Gasteiger partial charge >= 0.3 is 0 Å². The predicted octanol–water partition coefficient (Wildman–Crippen LogP) is 3.23. The van der Waals surface area contributed by atoms with E-state index in [2.05, 4.69) is 11.9 Å². The fourth-order valence-electron chi connectivity index (χ4n) is 3.66. The second-order valence-electron chi connectivity index (χ2n) is 6.68. The first-order valence-corrected chi connectivity index (χ1v) is 8.81. The Labute approximate surface area is 156 Å². The molecule has 2 aliphatic heterocycles. The van der Waals surface area contributed by atoms with Gasteiger partial charge in [-0.05, 0) is 23.8 Å². The SMILES string of the molecule is C=CCO[C@@H]1C[C@H]2C(=O)Nc3ccc(-c4ccccc4F)cc3C(=O)N2C1. The smallest absolute Gasteiger partial charge is 0.256 e. The minimum absolute atomic E-state index is 0.209. The summed E-state index contributed by atoms with van der Waals surface area (Å²) in [5.41, 5.74) is 1.81. The number of hydrogen-bond acceptors (Lipinski definition) is 3. The first kappa shape index (κ1) is 17.4. The molecular weight excluding hydrogens is 347 g/mol. The van der Waals surface area contributed by atoms with Crippen LogP contribution >= 0.6 is 0 Å². The summed E-state index contributed by atoms with van der Waals surface area (Å²) < 4.78 is 19.8. The largest absolute Gasteiger partial charge is 0.372 e. The van der Waals surface area contributed by atoms with Crippen LogP contribution in [0.25, 0.3) is 11.1 Å². The average molecular weight is 366 g/mol. The summed E-state index contributed by atoms with van der Waals surface area (Å²) in [5, 5.41) is 2.82. The molecule has 2 aromatic carbocycles. The highest BCUT2D eigenvalue weighted by Crippen LogP contribution is 2.33. The third-order valence-corrected chi connectivity index (χ3v) is 4.97. The number of fused-ring (bicyclic) bond motifs is 2. The van der Waals surface area contributed by atoms with E-state index >= 15 is 0 Å². The lowest BCUT2D eigenvalue weighted by molar-refractivity contribution is -0.119. The first-order valence-electron chi connectivity index (χ1n) is 8.81. The molecule has 0 bridgehead atoms. The van der Waals surface area contributed by atoms with Crippen LogP contribution < -0.4 is 5.32 Å². The van der Waals surface area contributed by atoms with Gasteiger partial charge < -0.3 is 15.0 Å². The van der Waals surface area contributed by atoms with E-state index in [1.54, 1.807) is 47.4 Å². The van der Waals surface area contributed by atoms with Gasteiger partial charge in [0.1, 0.15) is 11.9 Å². The third kappa shape index (κ3) is 3.13. The van der Waals surface area contributed by atoms with Crippen LogP contribution in [0.3, 0.4) is 0 Å². The van der Waals surface area contributed by atoms with E-state index in [4.69, 9.17) is 4.74 Å². The van der Waals surface area contributed by atoms with Crippen molar-refractivity contribution in [2.45, 2.75) is 18.6 Å². The quantitative estimate of drug-likeness (QED) is 0.846. The lowest BCUT2D eigenvalue weighted by Gasteiger charge is -2.20. The Morgan fingerprint density at radius 1 is 1.22 bits per heavy atom. The monoisotopic (exact) mass is 366 g/mol. The molecule has 0 radical (unpaired) electrons. The minimum atomic E-state index is -0.573. The average Bonchev–Trinajstić information content (AvgIpc) is 3.07. The van der Waals surface area contributed by atoms with Gasteiger partial charge in [-0.3, -0.25) is 9.59 Å². The number of hydrogen-bond donors (Lipinski definition) is 1. The molecule has 2 atom stereocenters. The van der Waals surface area contributed by atoms with Crippen molar-refractivity contribution < 1.29 is 18.7 Å². The molecule has 0 saturated carbocycles. The van der Waals surface area contributed by atoms with Crippen LogP contribution in [0.4, 0.5) is 10.1 Å². The molecule has 27 heavy (non-hydrogen) atoms. The Bertz CT molecular complexity index is 927. The molecular formula is C21H19FN2O3. The van der Waals surface area contributed by atoms with Crippen molar-refractivity contribution in [3.05, 3.63) is 66.5 Å². The highest BCUT2D eigenvalue weighted by Gasteiger charge is 2.43. The molecule has 0 unspecified atom stereocenters. The molecule has 2 aromatic rings. The highest BCUT2D eigenvalue weighted by atomic mass is 19.1. The summed E-state index contributed by atoms with van der Waals surface area (Å²) in [6.07, 6.45) is 1.88. The van der Waals surface area contributed by atoms with E-state index in [0.29, 0.717) is 42.0 Å². The van der Waals surface area contributed by atoms with E-state index in [0.717, 1.165) is 0 Å². The second-order valence-corrected chi connectivity index (χ2v) is 6.68. The molecule has 2 amide bonds. The molecule has 6 heteroatoms. The standard InChI is InChI=1S/C21H19FN2O3/c1-2-9-27-14-11-19-20(25)23-18-8-7-13(15-5-3-4-6-17(15)22)10-16(18)21(26)24(19)12-14/h2-8,10,14,19H,1,9,11-12H2,(H,23,25)/t14-,19+/m1/s1. The lowest BCUT2D eigenvalue weighted by atomic mass is 10.0. The van der Waals surface area contributed by atoms with E-state index in [-0.39, 0.29) is 23.7 Å². The van der Waals surface area contributed by atoms with Crippen molar-refractivity contribution in [1.82, 2.24) is 4.90 Å². The van der Waals surface area contributed by atoms with Crippen LogP contribution in [0.15, 0.2) is 55.1 Å². The maximum absolute atomic E-state index is 14.1. The van der Waals surface area contributed by atoms with Crippen molar-refractivity contribution in [3.8, 4) is 11.1 Å². The van der Waals surface area contributed by atoms with Crippen LogP contribution in [0.1, 0.15) is 16.8 Å². The Morgan fingerprint density at radius 3 is 2.81 bits per heavy atom. The Morgan fingerprint density at radius 2 is 2.04 bits per heavy atom. The number of anilines is 1. The number of rotatable bonds is 4. The molecule has 4 rings (SSSR count). The minimum Gasteiger partial charge on any atom is -0.372 e. The zero-order valence-corrected chi connectivity index (χ0v) is 14.7. The van der Waals surface area contributed by atoms with Crippen molar-refractivity contribution >= 4 is 17.5 Å². The molecule has 5 nitrogen and oxygen atoms in total.